The average molecular weight is 148 g/mol. The Morgan fingerprint density at radius 3 is 1.14 bits per heavy atom. The van der Waals surface area contributed by atoms with E-state index in [1.165, 1.54) is 0 Å². The third kappa shape index (κ3) is 56.3. The van der Waals surface area contributed by atoms with Gasteiger partial charge in [-0.15, -0.1) is 0 Å². The molecule has 0 unspecified atom stereocenters. The van der Waals surface area contributed by atoms with Gasteiger partial charge in [0.15, 0.2) is 0 Å². The normalized spacial score (nSPS) is 4.29. The number of rotatable bonds is 1. The zero-order chi connectivity index (χ0) is 3.41. The zero-order valence-electron chi connectivity index (χ0n) is 5.81. The Kier molecular flexibility index (Phi) is 114. The zero-order valence-corrected chi connectivity index (χ0v) is 5.37. The molecule has 0 spiro atoms. The van der Waals surface area contributed by atoms with Crippen LogP contribution in [-0.2, 0) is 21.7 Å². The quantitative estimate of drug-likeness (QED) is 0.402. The van der Waals surface area contributed by atoms with Gasteiger partial charge in [-0.2, -0.15) is 0 Å². The van der Waals surface area contributed by atoms with Crippen LogP contribution in [0.4, 0.5) is 0 Å². The fraction of sp³-hybridized carbons (Fsp3) is 1.00. The maximum absolute atomic E-state index is 7.62. The first kappa shape index (κ1) is 25.7. The van der Waals surface area contributed by atoms with Crippen LogP contribution in [0.15, 0.2) is 0 Å². The summed E-state index contributed by atoms with van der Waals surface area (Å²) in [4.78, 5) is 0. The molecule has 0 aliphatic rings. The molecule has 0 bridgehead atoms. The number of aliphatic hydroxyl groups is 2. The van der Waals surface area contributed by atoms with Gasteiger partial charge in [0.1, 0.15) is 0 Å². The van der Waals surface area contributed by atoms with Crippen LogP contribution >= 0.6 is 0 Å². The molecule has 0 heterocycles. The van der Waals surface area contributed by atoms with Crippen molar-refractivity contribution in [2.24, 2.45) is 0 Å². The first-order chi connectivity index (χ1) is 1.91. The predicted octanol–water partition coefficient (Wildman–Crippen LogP) is -2.46. The van der Waals surface area contributed by atoms with Gasteiger partial charge in [-0.25, -0.2) is 0 Å². The fourth-order valence-corrected chi connectivity index (χ4v) is 0. The molecule has 5 heteroatoms. The molecular formula is C2H12O4Ti+2. The second kappa shape index (κ2) is 31.0. The molecule has 0 aromatic rings. The molecule has 0 fully saturated rings. The fourth-order valence-electron chi connectivity index (χ4n) is 0. The number of hydrogen-bond acceptors (Lipinski definition) is 2. The summed E-state index contributed by atoms with van der Waals surface area (Å²) in [5.41, 5.74) is 0. The van der Waals surface area contributed by atoms with Crippen molar-refractivity contribution in [3.63, 3.8) is 0 Å². The van der Waals surface area contributed by atoms with E-state index in [4.69, 9.17) is 10.2 Å². The standard InChI is InChI=1S/C2H6O2.2H2O.Ti/c3-1-2-4;;;/h3-4H,1-2H2;2*1H2;/p+2. The minimum absolute atomic E-state index is 0. The van der Waals surface area contributed by atoms with Crippen LogP contribution in [0, 0.1) is 0 Å². The van der Waals surface area contributed by atoms with Crippen molar-refractivity contribution in [2.45, 2.75) is 0 Å². The Morgan fingerprint density at radius 2 is 1.14 bits per heavy atom. The van der Waals surface area contributed by atoms with E-state index < -0.39 is 0 Å². The topological polar surface area (TPSA) is 103 Å². The molecule has 0 aliphatic carbocycles. The van der Waals surface area contributed by atoms with Gasteiger partial charge in [-0.1, -0.05) is 0 Å². The van der Waals surface area contributed by atoms with Crippen molar-refractivity contribution in [2.75, 3.05) is 13.2 Å². The van der Waals surface area contributed by atoms with Crippen molar-refractivity contribution in [3.8, 4) is 0 Å². The van der Waals surface area contributed by atoms with E-state index in [0.717, 1.165) is 0 Å². The molecule has 7 heavy (non-hydrogen) atoms. The van der Waals surface area contributed by atoms with E-state index in [-0.39, 0.29) is 48.7 Å². The monoisotopic (exact) mass is 148 g/mol. The minimum atomic E-state index is -0.125. The Balaban J connectivity index is -0.00000000450. The Labute approximate surface area is 59.6 Å². The summed E-state index contributed by atoms with van der Waals surface area (Å²) in [6.07, 6.45) is 0. The van der Waals surface area contributed by atoms with Crippen LogP contribution in [0.25, 0.3) is 0 Å². The molecule has 0 atom stereocenters. The van der Waals surface area contributed by atoms with Crippen LogP contribution < -0.4 is 0 Å². The number of hydrogen-bond donors (Lipinski definition) is 2. The van der Waals surface area contributed by atoms with E-state index >= 15 is 0 Å². The van der Waals surface area contributed by atoms with Crippen molar-refractivity contribution in [1.29, 1.82) is 0 Å². The Hall–Kier alpha value is 0.554. The van der Waals surface area contributed by atoms with E-state index in [9.17, 15) is 0 Å². The number of aliphatic hydroxyl groups excluding tert-OH is 2. The van der Waals surface area contributed by atoms with E-state index in [1.54, 1.807) is 0 Å². The van der Waals surface area contributed by atoms with E-state index in [1.807, 2.05) is 0 Å². The Morgan fingerprint density at radius 1 is 1.00 bits per heavy atom. The van der Waals surface area contributed by atoms with Crippen molar-refractivity contribution >= 4 is 0 Å². The van der Waals surface area contributed by atoms with Gasteiger partial charge in [-0.3, -0.25) is 0 Å². The first-order valence-corrected chi connectivity index (χ1v) is 1.13. The molecule has 0 amide bonds. The van der Waals surface area contributed by atoms with Gasteiger partial charge in [0.2, 0.25) is 0 Å². The van der Waals surface area contributed by atoms with Gasteiger partial charge < -0.3 is 21.2 Å². The van der Waals surface area contributed by atoms with Crippen molar-refractivity contribution in [1.82, 2.24) is 0 Å². The maximum atomic E-state index is 7.62. The predicted molar refractivity (Wildman–Crippen MR) is 23.6 cm³/mol. The molecule has 0 saturated carbocycles. The molecular weight excluding hydrogens is 136 g/mol. The smallest absolute Gasteiger partial charge is 0.412 e. The SMILES string of the molecule is O.O.OCCO.[H+].[H+].[Ti]. The van der Waals surface area contributed by atoms with E-state index in [2.05, 4.69) is 0 Å². The second-order valence-corrected chi connectivity index (χ2v) is 0.447. The summed E-state index contributed by atoms with van der Waals surface area (Å²) >= 11 is 0. The van der Waals surface area contributed by atoms with Gasteiger partial charge in [0.05, 0.1) is 13.2 Å². The van der Waals surface area contributed by atoms with Gasteiger partial charge >= 0.3 is 2.85 Å². The van der Waals surface area contributed by atoms with Crippen LogP contribution in [0.5, 0.6) is 0 Å². The molecule has 6 N–H and O–H groups in total. The van der Waals surface area contributed by atoms with Crippen LogP contribution in [0.3, 0.4) is 0 Å². The van der Waals surface area contributed by atoms with Crippen LogP contribution in [0.1, 0.15) is 2.85 Å². The van der Waals surface area contributed by atoms with Gasteiger partial charge in [0, 0.05) is 21.7 Å². The molecule has 0 aromatic carbocycles. The maximum Gasteiger partial charge on any atom is 1.00 e. The average Bonchev–Trinajstić information content (AvgIpc) is 1.37. The summed E-state index contributed by atoms with van der Waals surface area (Å²) < 4.78 is 0. The van der Waals surface area contributed by atoms with Crippen molar-refractivity contribution < 1.29 is 45.7 Å². The van der Waals surface area contributed by atoms with Crippen LogP contribution in [0.2, 0.25) is 0 Å². The molecule has 46 valence electrons. The summed E-state index contributed by atoms with van der Waals surface area (Å²) in [6.45, 7) is -0.250. The largest absolute Gasteiger partial charge is 1.00 e. The molecule has 0 rings (SSSR count). The van der Waals surface area contributed by atoms with Crippen LogP contribution in [-0.4, -0.2) is 34.4 Å². The van der Waals surface area contributed by atoms with Crippen molar-refractivity contribution in [3.05, 3.63) is 0 Å². The molecule has 4 nitrogen and oxygen atoms in total. The summed E-state index contributed by atoms with van der Waals surface area (Å²) in [6, 6.07) is 0. The summed E-state index contributed by atoms with van der Waals surface area (Å²) in [7, 11) is 0. The minimum Gasteiger partial charge on any atom is -0.412 e. The summed E-state index contributed by atoms with van der Waals surface area (Å²) in [5.74, 6) is 0. The molecule has 0 aromatic heterocycles. The molecule has 0 saturated heterocycles. The van der Waals surface area contributed by atoms with Gasteiger partial charge in [-0.05, 0) is 0 Å². The van der Waals surface area contributed by atoms with Gasteiger partial charge in [0.25, 0.3) is 0 Å². The second-order valence-electron chi connectivity index (χ2n) is 0.447. The first-order valence-electron chi connectivity index (χ1n) is 1.13. The Bertz CT molecular complexity index is 18.5. The molecule has 0 aliphatic heterocycles. The van der Waals surface area contributed by atoms with E-state index in [0.29, 0.717) is 0 Å². The third-order valence-electron chi connectivity index (χ3n) is 0.1000. The molecule has 0 radical (unpaired) electrons. The third-order valence-corrected chi connectivity index (χ3v) is 0.1000. The summed E-state index contributed by atoms with van der Waals surface area (Å²) in [5, 5.41) is 15.2.